The molecule has 0 aliphatic rings. The molecule has 0 saturated carbocycles. The molecule has 0 saturated heterocycles. The molecule has 4 heteroatoms. The first-order valence-corrected chi connectivity index (χ1v) is 6.80. The molecule has 112 valence electrons. The molecule has 0 bridgehead atoms. The molecule has 2 nitrogen and oxygen atoms in total. The minimum Gasteiger partial charge on any atom is -0.491 e. The lowest BCUT2D eigenvalue weighted by molar-refractivity contribution is 0.190. The van der Waals surface area contributed by atoms with Gasteiger partial charge in [-0.25, -0.2) is 8.78 Å². The number of hydrogen-bond donors (Lipinski definition) is 1. The molecular weight excluding hydrogens is 274 g/mol. The van der Waals surface area contributed by atoms with Crippen LogP contribution in [-0.4, -0.2) is 11.2 Å². The first-order valence-electron chi connectivity index (χ1n) is 6.80. The number of para-hydroxylation sites is 1. The van der Waals surface area contributed by atoms with Crippen LogP contribution in [0, 0.1) is 18.6 Å². The van der Waals surface area contributed by atoms with Crippen molar-refractivity contribution in [3.8, 4) is 5.75 Å². The summed E-state index contributed by atoms with van der Waals surface area (Å²) in [5.74, 6) is -1.09. The minimum absolute atomic E-state index is 0.106. The van der Waals surface area contributed by atoms with Crippen molar-refractivity contribution in [1.82, 2.24) is 0 Å². The number of aliphatic hydroxyl groups is 1. The van der Waals surface area contributed by atoms with Gasteiger partial charge >= 0.3 is 0 Å². The highest BCUT2D eigenvalue weighted by atomic mass is 19.1. The summed E-state index contributed by atoms with van der Waals surface area (Å²) in [6.45, 7) is 5.22. The highest BCUT2D eigenvalue weighted by Gasteiger charge is 2.23. The molecule has 1 atom stereocenters. The summed E-state index contributed by atoms with van der Waals surface area (Å²) < 4.78 is 33.7. The average Bonchev–Trinajstić information content (AvgIpc) is 2.43. The maximum absolute atomic E-state index is 14.2. The first kappa shape index (κ1) is 15.4. The van der Waals surface area contributed by atoms with Crippen LogP contribution >= 0.6 is 0 Å². The lowest BCUT2D eigenvalue weighted by atomic mass is 9.98. The Morgan fingerprint density at radius 3 is 2.38 bits per heavy atom. The van der Waals surface area contributed by atoms with Gasteiger partial charge in [-0.05, 0) is 38.5 Å². The summed E-state index contributed by atoms with van der Waals surface area (Å²) in [4.78, 5) is 0. The Balaban J connectivity index is 2.50. The van der Waals surface area contributed by atoms with Crippen molar-refractivity contribution in [3.63, 3.8) is 0 Å². The van der Waals surface area contributed by atoms with E-state index >= 15 is 0 Å². The Morgan fingerprint density at radius 2 is 1.71 bits per heavy atom. The van der Waals surface area contributed by atoms with Gasteiger partial charge in [-0.3, -0.25) is 0 Å². The maximum Gasteiger partial charge on any atom is 0.135 e. The number of aryl methyl sites for hydroxylation is 1. The number of rotatable bonds is 4. The Morgan fingerprint density at radius 1 is 1.05 bits per heavy atom. The smallest absolute Gasteiger partial charge is 0.135 e. The van der Waals surface area contributed by atoms with E-state index in [9.17, 15) is 13.9 Å². The van der Waals surface area contributed by atoms with Crippen molar-refractivity contribution < 1.29 is 18.6 Å². The van der Waals surface area contributed by atoms with Crippen LogP contribution in [-0.2, 0) is 0 Å². The largest absolute Gasteiger partial charge is 0.491 e. The second-order valence-electron chi connectivity index (χ2n) is 5.20. The number of benzene rings is 2. The monoisotopic (exact) mass is 292 g/mol. The molecule has 0 amide bonds. The molecule has 2 rings (SSSR count). The lowest BCUT2D eigenvalue weighted by Gasteiger charge is -2.19. The number of hydrogen-bond acceptors (Lipinski definition) is 2. The summed E-state index contributed by atoms with van der Waals surface area (Å²) in [6.07, 6.45) is -1.52. The summed E-state index contributed by atoms with van der Waals surface area (Å²) in [7, 11) is 0. The SMILES string of the molecule is Cc1ccc(F)c(C(O)c2ccccc2OC(C)C)c1F. The van der Waals surface area contributed by atoms with Crippen LogP contribution in [0.3, 0.4) is 0 Å². The predicted octanol–water partition coefficient (Wildman–Crippen LogP) is 4.14. The van der Waals surface area contributed by atoms with Crippen molar-refractivity contribution in [2.45, 2.75) is 33.0 Å². The van der Waals surface area contributed by atoms with Crippen molar-refractivity contribution in [3.05, 3.63) is 64.7 Å². The predicted molar refractivity (Wildman–Crippen MR) is 77.4 cm³/mol. The van der Waals surface area contributed by atoms with Gasteiger partial charge in [0.1, 0.15) is 23.5 Å². The zero-order valence-electron chi connectivity index (χ0n) is 12.2. The third-order valence-corrected chi connectivity index (χ3v) is 3.17. The molecule has 2 aromatic carbocycles. The third-order valence-electron chi connectivity index (χ3n) is 3.17. The molecule has 0 aliphatic carbocycles. The third kappa shape index (κ3) is 3.22. The van der Waals surface area contributed by atoms with Crippen LogP contribution in [0.2, 0.25) is 0 Å². The summed E-state index contributed by atoms with van der Waals surface area (Å²) >= 11 is 0. The summed E-state index contributed by atoms with van der Waals surface area (Å²) in [5, 5.41) is 10.4. The highest BCUT2D eigenvalue weighted by molar-refractivity contribution is 5.42. The van der Waals surface area contributed by atoms with Crippen molar-refractivity contribution in [1.29, 1.82) is 0 Å². The average molecular weight is 292 g/mol. The van der Waals surface area contributed by atoms with Crippen LogP contribution in [0.4, 0.5) is 8.78 Å². The van der Waals surface area contributed by atoms with Crippen LogP contribution < -0.4 is 4.74 Å². The summed E-state index contributed by atoms with van der Waals surface area (Å²) in [5.41, 5.74) is 0.275. The standard InChI is InChI=1S/C17H18F2O2/c1-10(2)21-14-7-5-4-6-12(14)17(20)15-13(18)9-8-11(3)16(15)19/h4-10,17,20H,1-3H3. The Kier molecular flexibility index (Phi) is 4.58. The molecule has 0 spiro atoms. The Hall–Kier alpha value is -1.94. The number of halogens is 2. The van der Waals surface area contributed by atoms with Gasteiger partial charge in [0.05, 0.1) is 11.7 Å². The van der Waals surface area contributed by atoms with E-state index in [4.69, 9.17) is 4.74 Å². The minimum atomic E-state index is -1.42. The molecule has 0 radical (unpaired) electrons. The van der Waals surface area contributed by atoms with E-state index in [2.05, 4.69) is 0 Å². The molecule has 0 heterocycles. The number of ether oxygens (including phenoxy) is 1. The van der Waals surface area contributed by atoms with E-state index in [1.54, 1.807) is 24.3 Å². The van der Waals surface area contributed by atoms with Crippen LogP contribution in [0.5, 0.6) is 5.75 Å². The van der Waals surface area contributed by atoms with Gasteiger partial charge in [0.25, 0.3) is 0 Å². The van der Waals surface area contributed by atoms with Crippen molar-refractivity contribution >= 4 is 0 Å². The highest BCUT2D eigenvalue weighted by Crippen LogP contribution is 2.33. The van der Waals surface area contributed by atoms with E-state index in [0.717, 1.165) is 6.07 Å². The van der Waals surface area contributed by atoms with Crippen molar-refractivity contribution in [2.75, 3.05) is 0 Å². The van der Waals surface area contributed by atoms with Gasteiger partial charge in [-0.1, -0.05) is 24.3 Å². The van der Waals surface area contributed by atoms with Gasteiger partial charge in [-0.2, -0.15) is 0 Å². The molecule has 21 heavy (non-hydrogen) atoms. The zero-order chi connectivity index (χ0) is 15.6. The lowest BCUT2D eigenvalue weighted by Crippen LogP contribution is -2.12. The van der Waals surface area contributed by atoms with Crippen LogP contribution in [0.15, 0.2) is 36.4 Å². The summed E-state index contributed by atoms with van der Waals surface area (Å²) in [6, 6.07) is 9.21. The molecule has 0 aromatic heterocycles. The molecular formula is C17H18F2O2. The first-order chi connectivity index (χ1) is 9.91. The maximum atomic E-state index is 14.2. The van der Waals surface area contributed by atoms with E-state index in [0.29, 0.717) is 11.3 Å². The molecule has 0 aliphatic heterocycles. The topological polar surface area (TPSA) is 29.5 Å². The molecule has 2 aromatic rings. The Bertz CT molecular complexity index is 639. The van der Waals surface area contributed by atoms with Crippen molar-refractivity contribution in [2.24, 2.45) is 0 Å². The van der Waals surface area contributed by atoms with Crippen LogP contribution in [0.1, 0.15) is 36.6 Å². The second-order valence-corrected chi connectivity index (χ2v) is 5.20. The quantitative estimate of drug-likeness (QED) is 0.917. The van der Waals surface area contributed by atoms with E-state index < -0.39 is 17.7 Å². The van der Waals surface area contributed by atoms with E-state index in [1.165, 1.54) is 13.0 Å². The second kappa shape index (κ2) is 6.22. The van der Waals surface area contributed by atoms with E-state index in [1.807, 2.05) is 13.8 Å². The molecule has 1 unspecified atom stereocenters. The fourth-order valence-corrected chi connectivity index (χ4v) is 2.15. The zero-order valence-corrected chi connectivity index (χ0v) is 12.2. The van der Waals surface area contributed by atoms with Gasteiger partial charge in [0, 0.05) is 5.56 Å². The molecule has 1 N–H and O–H groups in total. The van der Waals surface area contributed by atoms with Gasteiger partial charge in [-0.15, -0.1) is 0 Å². The normalized spacial score (nSPS) is 12.5. The van der Waals surface area contributed by atoms with Crippen LogP contribution in [0.25, 0.3) is 0 Å². The molecule has 0 fully saturated rings. The van der Waals surface area contributed by atoms with E-state index in [-0.39, 0.29) is 17.2 Å². The van der Waals surface area contributed by atoms with Gasteiger partial charge < -0.3 is 9.84 Å². The fourth-order valence-electron chi connectivity index (χ4n) is 2.15. The van der Waals surface area contributed by atoms with Gasteiger partial charge in [0.2, 0.25) is 0 Å². The van der Waals surface area contributed by atoms with Gasteiger partial charge in [0.15, 0.2) is 0 Å². The fraction of sp³-hybridized carbons (Fsp3) is 0.294. The number of aliphatic hydroxyl groups excluding tert-OH is 1. The Labute approximate surface area is 123 Å².